The van der Waals surface area contributed by atoms with Gasteiger partial charge in [-0.3, -0.25) is 9.48 Å². The molecule has 0 bridgehead atoms. The number of aryl methyl sites for hydroxylation is 2. The van der Waals surface area contributed by atoms with Crippen molar-refractivity contribution >= 4 is 10.9 Å². The molecule has 0 radical (unpaired) electrons. The lowest BCUT2D eigenvalue weighted by Gasteiger charge is -2.09. The number of benzene rings is 1. The molecule has 0 amide bonds. The van der Waals surface area contributed by atoms with Crippen molar-refractivity contribution in [1.82, 2.24) is 14.5 Å². The Labute approximate surface area is 121 Å². The van der Waals surface area contributed by atoms with Crippen molar-refractivity contribution in [2.45, 2.75) is 6.92 Å². The Hall–Kier alpha value is -2.76. The van der Waals surface area contributed by atoms with Crippen LogP contribution in [-0.4, -0.2) is 21.6 Å². The van der Waals surface area contributed by atoms with E-state index in [1.165, 1.54) is 4.68 Å². The molecular weight excluding hydrogens is 268 g/mol. The van der Waals surface area contributed by atoms with Gasteiger partial charge in [0.1, 0.15) is 5.75 Å². The van der Waals surface area contributed by atoms with Gasteiger partial charge in [0.2, 0.25) is 0 Å². The molecule has 21 heavy (non-hydrogen) atoms. The fraction of sp³-hybridized carbons (Fsp3) is 0.200. The summed E-state index contributed by atoms with van der Waals surface area (Å²) in [5.41, 5.74) is 2.68. The number of fused-ring (bicyclic) bond motifs is 1. The van der Waals surface area contributed by atoms with Gasteiger partial charge in [0.15, 0.2) is 0 Å². The van der Waals surface area contributed by atoms with E-state index >= 15 is 0 Å². The number of hydrogen-bond donors (Lipinski definition) is 1. The number of pyridine rings is 1. The Balaban J connectivity index is 2.29. The second kappa shape index (κ2) is 4.66. The van der Waals surface area contributed by atoms with Crippen LogP contribution in [0.4, 0.5) is 0 Å². The maximum absolute atomic E-state index is 12.4. The Morgan fingerprint density at radius 1 is 1.24 bits per heavy atom. The Kier molecular flexibility index (Phi) is 2.94. The average molecular weight is 284 g/mol. The Morgan fingerprint density at radius 2 is 1.90 bits per heavy atom. The molecule has 0 aliphatic carbocycles. The number of aromatic nitrogens is 3. The van der Waals surface area contributed by atoms with Crippen LogP contribution in [0, 0.1) is 6.92 Å². The zero-order valence-corrected chi connectivity index (χ0v) is 12.1. The fourth-order valence-electron chi connectivity index (χ4n) is 2.52. The van der Waals surface area contributed by atoms with Gasteiger partial charge in [-0.25, -0.2) is 4.68 Å². The molecule has 2 heterocycles. The molecule has 0 aliphatic rings. The van der Waals surface area contributed by atoms with Gasteiger partial charge in [0.05, 0.1) is 29.4 Å². The van der Waals surface area contributed by atoms with Crippen molar-refractivity contribution in [3.05, 3.63) is 46.4 Å². The zero-order valence-electron chi connectivity index (χ0n) is 12.1. The number of nitrogen functional groups attached to an aromatic ring is 1. The van der Waals surface area contributed by atoms with Crippen molar-refractivity contribution in [2.24, 2.45) is 7.05 Å². The maximum atomic E-state index is 12.4. The fourth-order valence-corrected chi connectivity index (χ4v) is 2.52. The van der Waals surface area contributed by atoms with Gasteiger partial charge in [0, 0.05) is 12.6 Å². The van der Waals surface area contributed by atoms with E-state index in [2.05, 4.69) is 5.10 Å². The monoisotopic (exact) mass is 284 g/mol. The highest BCUT2D eigenvalue weighted by Crippen LogP contribution is 2.24. The number of methoxy groups -OCH3 is 1. The Bertz CT molecular complexity index is 875. The van der Waals surface area contributed by atoms with Crippen LogP contribution in [0.25, 0.3) is 22.2 Å². The highest BCUT2D eigenvalue weighted by Gasteiger charge is 2.14. The third kappa shape index (κ3) is 1.96. The van der Waals surface area contributed by atoms with Crippen LogP contribution in [0.1, 0.15) is 5.69 Å². The van der Waals surface area contributed by atoms with Gasteiger partial charge in [-0.1, -0.05) is 0 Å². The average Bonchev–Trinajstić information content (AvgIpc) is 2.77. The predicted molar refractivity (Wildman–Crippen MR) is 81.8 cm³/mol. The van der Waals surface area contributed by atoms with Crippen LogP contribution < -0.4 is 16.1 Å². The lowest BCUT2D eigenvalue weighted by atomic mass is 10.1. The zero-order chi connectivity index (χ0) is 15.1. The summed E-state index contributed by atoms with van der Waals surface area (Å²) in [6.45, 7) is 1.80. The normalized spacial score (nSPS) is 11.0. The molecule has 3 aromatic rings. The smallest absolute Gasteiger partial charge is 0.280 e. The number of rotatable bonds is 2. The van der Waals surface area contributed by atoms with E-state index in [9.17, 15) is 4.79 Å². The molecule has 2 N–H and O–H groups in total. The first kappa shape index (κ1) is 13.2. The molecule has 108 valence electrons. The standard InChI is InChI=1S/C15H16N4O2/c1-9-14-13(18(2)17-9)8-12(19(16)15(14)20)10-4-6-11(21-3)7-5-10/h4-8H,16H2,1-3H3. The van der Waals surface area contributed by atoms with Crippen molar-refractivity contribution in [1.29, 1.82) is 0 Å². The van der Waals surface area contributed by atoms with Crippen molar-refractivity contribution in [3.8, 4) is 17.0 Å². The second-order valence-corrected chi connectivity index (χ2v) is 4.90. The SMILES string of the molecule is COc1ccc(-c2cc3c(c(C)nn3C)c(=O)n2N)cc1. The summed E-state index contributed by atoms with van der Waals surface area (Å²) in [6, 6.07) is 9.27. The molecule has 6 heteroatoms. The molecular formula is C15H16N4O2. The van der Waals surface area contributed by atoms with E-state index in [0.29, 0.717) is 16.8 Å². The topological polar surface area (TPSA) is 75.1 Å². The number of nitrogens with two attached hydrogens (primary N) is 1. The minimum absolute atomic E-state index is 0.246. The van der Waals surface area contributed by atoms with Crippen LogP contribution >= 0.6 is 0 Å². The van der Waals surface area contributed by atoms with Gasteiger partial charge >= 0.3 is 0 Å². The maximum Gasteiger partial charge on any atom is 0.280 e. The summed E-state index contributed by atoms with van der Waals surface area (Å²) < 4.78 is 8.00. The van der Waals surface area contributed by atoms with E-state index < -0.39 is 0 Å². The molecule has 0 fully saturated rings. The lowest BCUT2D eigenvalue weighted by molar-refractivity contribution is 0.415. The molecule has 3 rings (SSSR count). The van der Waals surface area contributed by atoms with E-state index in [0.717, 1.165) is 16.8 Å². The third-order valence-electron chi connectivity index (χ3n) is 3.62. The first-order valence-corrected chi connectivity index (χ1v) is 6.52. The Morgan fingerprint density at radius 3 is 2.52 bits per heavy atom. The molecule has 0 aliphatic heterocycles. The first-order chi connectivity index (χ1) is 10.0. The van der Waals surface area contributed by atoms with E-state index in [-0.39, 0.29) is 5.56 Å². The summed E-state index contributed by atoms with van der Waals surface area (Å²) in [5, 5.41) is 4.84. The number of nitrogens with zero attached hydrogens (tertiary/aromatic N) is 3. The lowest BCUT2D eigenvalue weighted by Crippen LogP contribution is -2.28. The van der Waals surface area contributed by atoms with Crippen molar-refractivity contribution < 1.29 is 4.74 Å². The van der Waals surface area contributed by atoms with E-state index in [1.807, 2.05) is 37.4 Å². The van der Waals surface area contributed by atoms with Crippen LogP contribution in [0.15, 0.2) is 35.1 Å². The molecule has 0 spiro atoms. The van der Waals surface area contributed by atoms with Crippen LogP contribution in [0.2, 0.25) is 0 Å². The molecule has 1 aromatic carbocycles. The van der Waals surface area contributed by atoms with E-state index in [1.54, 1.807) is 18.7 Å². The molecule has 6 nitrogen and oxygen atoms in total. The number of hydrogen-bond acceptors (Lipinski definition) is 4. The van der Waals surface area contributed by atoms with E-state index in [4.69, 9.17) is 10.6 Å². The third-order valence-corrected chi connectivity index (χ3v) is 3.62. The van der Waals surface area contributed by atoms with Crippen molar-refractivity contribution in [3.63, 3.8) is 0 Å². The highest BCUT2D eigenvalue weighted by molar-refractivity contribution is 5.84. The van der Waals surface area contributed by atoms with Gasteiger partial charge in [-0.05, 0) is 37.3 Å². The quantitative estimate of drug-likeness (QED) is 0.722. The molecule has 2 aromatic heterocycles. The molecule has 0 saturated heterocycles. The number of ether oxygens (including phenoxy) is 1. The van der Waals surface area contributed by atoms with Crippen LogP contribution in [-0.2, 0) is 7.05 Å². The molecule has 0 atom stereocenters. The first-order valence-electron chi connectivity index (χ1n) is 6.52. The second-order valence-electron chi connectivity index (χ2n) is 4.90. The molecule has 0 unspecified atom stereocenters. The minimum atomic E-state index is -0.246. The summed E-state index contributed by atoms with van der Waals surface area (Å²) in [7, 11) is 3.42. The van der Waals surface area contributed by atoms with Gasteiger partial charge < -0.3 is 10.6 Å². The summed E-state index contributed by atoms with van der Waals surface area (Å²) in [6.07, 6.45) is 0. The van der Waals surface area contributed by atoms with Gasteiger partial charge in [-0.2, -0.15) is 5.10 Å². The van der Waals surface area contributed by atoms with Gasteiger partial charge in [0.25, 0.3) is 5.56 Å². The van der Waals surface area contributed by atoms with Crippen LogP contribution in [0.5, 0.6) is 5.75 Å². The predicted octanol–water partition coefficient (Wildman–Crippen LogP) is 1.43. The highest BCUT2D eigenvalue weighted by atomic mass is 16.5. The largest absolute Gasteiger partial charge is 0.497 e. The van der Waals surface area contributed by atoms with Crippen LogP contribution in [0.3, 0.4) is 0 Å². The molecule has 0 saturated carbocycles. The van der Waals surface area contributed by atoms with Gasteiger partial charge in [-0.15, -0.1) is 0 Å². The summed E-state index contributed by atoms with van der Waals surface area (Å²) >= 11 is 0. The summed E-state index contributed by atoms with van der Waals surface area (Å²) in [4.78, 5) is 12.4. The minimum Gasteiger partial charge on any atom is -0.497 e. The summed E-state index contributed by atoms with van der Waals surface area (Å²) in [5.74, 6) is 6.72. The van der Waals surface area contributed by atoms with Crippen molar-refractivity contribution in [2.75, 3.05) is 13.0 Å².